The van der Waals surface area contributed by atoms with Crippen molar-refractivity contribution >= 4 is 18.3 Å². The van der Waals surface area contributed by atoms with E-state index in [1.807, 2.05) is 36.1 Å². The highest BCUT2D eigenvalue weighted by atomic mass is 35.5. The minimum atomic E-state index is -0.438. The Morgan fingerprint density at radius 1 is 1.50 bits per heavy atom. The second kappa shape index (κ2) is 10.5. The zero-order chi connectivity index (χ0) is 16.7. The van der Waals surface area contributed by atoms with Gasteiger partial charge in [0.25, 0.3) is 0 Å². The molecule has 6 heteroatoms. The van der Waals surface area contributed by atoms with Gasteiger partial charge in [0.1, 0.15) is 5.75 Å². The van der Waals surface area contributed by atoms with Crippen molar-refractivity contribution in [2.24, 2.45) is 5.73 Å². The zero-order valence-electron chi connectivity index (χ0n) is 14.6. The second-order valence-corrected chi connectivity index (χ2v) is 6.10. The fraction of sp³-hybridized carbons (Fsp3) is 0.611. The summed E-state index contributed by atoms with van der Waals surface area (Å²) in [5, 5.41) is 0. The lowest BCUT2D eigenvalue weighted by Crippen LogP contribution is -2.46. The Bertz CT molecular complexity index is 507. The lowest BCUT2D eigenvalue weighted by atomic mass is 10.1. The highest BCUT2D eigenvalue weighted by Crippen LogP contribution is 2.18. The average Bonchev–Trinajstić information content (AvgIpc) is 3.07. The number of hydrogen-bond acceptors (Lipinski definition) is 4. The summed E-state index contributed by atoms with van der Waals surface area (Å²) >= 11 is 0. The maximum Gasteiger partial charge on any atom is 0.239 e. The summed E-state index contributed by atoms with van der Waals surface area (Å²) in [7, 11) is 1.64. The number of hydrogen-bond donors (Lipinski definition) is 1. The minimum Gasteiger partial charge on any atom is -0.497 e. The van der Waals surface area contributed by atoms with Crippen LogP contribution in [-0.2, 0) is 16.1 Å². The van der Waals surface area contributed by atoms with Crippen LogP contribution in [0.4, 0.5) is 0 Å². The molecule has 1 aliphatic heterocycles. The third kappa shape index (κ3) is 5.96. The Balaban J connectivity index is 0.00000288. The molecule has 0 spiro atoms. The maximum absolute atomic E-state index is 12.7. The van der Waals surface area contributed by atoms with Crippen LogP contribution in [0.15, 0.2) is 24.3 Å². The molecular formula is C18H29ClN2O3. The first-order valence-corrected chi connectivity index (χ1v) is 8.43. The van der Waals surface area contributed by atoms with Crippen molar-refractivity contribution < 1.29 is 14.3 Å². The number of benzene rings is 1. The Morgan fingerprint density at radius 3 is 2.92 bits per heavy atom. The van der Waals surface area contributed by atoms with Gasteiger partial charge in [-0.2, -0.15) is 0 Å². The van der Waals surface area contributed by atoms with E-state index in [4.69, 9.17) is 15.2 Å². The van der Waals surface area contributed by atoms with Gasteiger partial charge in [-0.25, -0.2) is 0 Å². The Hall–Kier alpha value is -1.30. The first-order valence-electron chi connectivity index (χ1n) is 8.43. The number of carbonyl (C=O) groups is 1. The summed E-state index contributed by atoms with van der Waals surface area (Å²) in [6.45, 7) is 3.97. The lowest BCUT2D eigenvalue weighted by Gasteiger charge is -2.28. The van der Waals surface area contributed by atoms with Crippen molar-refractivity contribution in [3.05, 3.63) is 29.8 Å². The maximum atomic E-state index is 12.7. The van der Waals surface area contributed by atoms with E-state index >= 15 is 0 Å². The van der Waals surface area contributed by atoms with Gasteiger partial charge in [0.05, 0.1) is 19.3 Å². The molecule has 1 aromatic carbocycles. The standard InChI is InChI=1S/C18H28N2O3.ClH/c1-3-6-17(19)18(21)20(13-16-9-5-10-23-16)12-14-7-4-8-15(11-14)22-2;/h4,7-8,11,16-17H,3,5-6,9-10,12-13,19H2,1-2H3;1H. The number of rotatable bonds is 8. The Kier molecular flexibility index (Phi) is 9.11. The van der Waals surface area contributed by atoms with E-state index < -0.39 is 6.04 Å². The molecular weight excluding hydrogens is 328 g/mol. The Morgan fingerprint density at radius 2 is 2.29 bits per heavy atom. The number of carbonyl (C=O) groups excluding carboxylic acids is 1. The third-order valence-electron chi connectivity index (χ3n) is 4.18. The number of methoxy groups -OCH3 is 1. The largest absolute Gasteiger partial charge is 0.497 e. The zero-order valence-corrected chi connectivity index (χ0v) is 15.4. The lowest BCUT2D eigenvalue weighted by molar-refractivity contribution is -0.135. The molecule has 2 rings (SSSR count). The molecule has 0 aliphatic carbocycles. The first kappa shape index (κ1) is 20.7. The van der Waals surface area contributed by atoms with Gasteiger partial charge in [0.15, 0.2) is 0 Å². The van der Waals surface area contributed by atoms with Gasteiger partial charge in [-0.1, -0.05) is 25.5 Å². The first-order chi connectivity index (χ1) is 11.1. The molecule has 1 fully saturated rings. The number of amides is 1. The summed E-state index contributed by atoms with van der Waals surface area (Å²) in [6.07, 6.45) is 3.80. The molecule has 2 atom stereocenters. The van der Waals surface area contributed by atoms with E-state index in [9.17, 15) is 4.79 Å². The Labute approximate surface area is 150 Å². The SMILES string of the molecule is CCCC(N)C(=O)N(Cc1cccc(OC)c1)CC1CCCO1.Cl. The van der Waals surface area contributed by atoms with E-state index in [2.05, 4.69) is 0 Å². The predicted molar refractivity (Wildman–Crippen MR) is 97.5 cm³/mol. The predicted octanol–water partition coefficient (Wildman–Crippen LogP) is 2.75. The van der Waals surface area contributed by atoms with Crippen LogP contribution in [0.25, 0.3) is 0 Å². The monoisotopic (exact) mass is 356 g/mol. The molecule has 2 N–H and O–H groups in total. The molecule has 1 saturated heterocycles. The van der Waals surface area contributed by atoms with Crippen LogP contribution in [0.5, 0.6) is 5.75 Å². The second-order valence-electron chi connectivity index (χ2n) is 6.10. The molecule has 136 valence electrons. The summed E-state index contributed by atoms with van der Waals surface area (Å²) in [4.78, 5) is 14.5. The van der Waals surface area contributed by atoms with Crippen molar-refractivity contribution in [3.8, 4) is 5.75 Å². The highest BCUT2D eigenvalue weighted by molar-refractivity contribution is 5.85. The van der Waals surface area contributed by atoms with Crippen LogP contribution in [0.2, 0.25) is 0 Å². The van der Waals surface area contributed by atoms with Crippen LogP contribution in [-0.4, -0.2) is 43.2 Å². The van der Waals surface area contributed by atoms with Gasteiger partial charge in [-0.05, 0) is 37.0 Å². The van der Waals surface area contributed by atoms with Gasteiger partial charge in [-0.3, -0.25) is 4.79 Å². The summed E-state index contributed by atoms with van der Waals surface area (Å²) in [5.74, 6) is 0.801. The molecule has 0 saturated carbocycles. The van der Waals surface area contributed by atoms with Crippen molar-refractivity contribution in [1.29, 1.82) is 0 Å². The topological polar surface area (TPSA) is 64.8 Å². The van der Waals surface area contributed by atoms with Crippen molar-refractivity contribution in [1.82, 2.24) is 4.90 Å². The summed E-state index contributed by atoms with van der Waals surface area (Å²) in [5.41, 5.74) is 7.10. The number of halogens is 1. The average molecular weight is 357 g/mol. The summed E-state index contributed by atoms with van der Waals surface area (Å²) < 4.78 is 11.0. The van der Waals surface area contributed by atoms with E-state index in [1.54, 1.807) is 7.11 Å². The van der Waals surface area contributed by atoms with Gasteiger partial charge in [0, 0.05) is 19.7 Å². The number of ether oxygens (including phenoxy) is 2. The number of nitrogens with two attached hydrogens (primary N) is 1. The van der Waals surface area contributed by atoms with E-state index in [0.29, 0.717) is 19.5 Å². The molecule has 1 heterocycles. The van der Waals surface area contributed by atoms with E-state index in [-0.39, 0.29) is 24.4 Å². The molecule has 0 aromatic heterocycles. The van der Waals surface area contributed by atoms with Crippen LogP contribution in [0.1, 0.15) is 38.2 Å². The molecule has 1 aromatic rings. The minimum absolute atomic E-state index is 0. The molecule has 2 unspecified atom stereocenters. The van der Waals surface area contributed by atoms with Crippen molar-refractivity contribution in [2.45, 2.75) is 51.3 Å². The van der Waals surface area contributed by atoms with Gasteiger partial charge >= 0.3 is 0 Å². The fourth-order valence-electron chi connectivity index (χ4n) is 2.93. The molecule has 5 nitrogen and oxygen atoms in total. The normalized spacial score (nSPS) is 17.9. The molecule has 24 heavy (non-hydrogen) atoms. The third-order valence-corrected chi connectivity index (χ3v) is 4.18. The highest BCUT2D eigenvalue weighted by Gasteiger charge is 2.25. The molecule has 0 bridgehead atoms. The van der Waals surface area contributed by atoms with Gasteiger partial charge in [-0.15, -0.1) is 12.4 Å². The molecule has 1 amide bonds. The van der Waals surface area contributed by atoms with Gasteiger partial charge in [0.2, 0.25) is 5.91 Å². The molecule has 0 radical (unpaired) electrons. The van der Waals surface area contributed by atoms with Gasteiger partial charge < -0.3 is 20.1 Å². The number of nitrogens with zero attached hydrogens (tertiary/aromatic N) is 1. The van der Waals surface area contributed by atoms with Crippen LogP contribution in [0.3, 0.4) is 0 Å². The van der Waals surface area contributed by atoms with Crippen molar-refractivity contribution in [3.63, 3.8) is 0 Å². The van der Waals surface area contributed by atoms with E-state index in [0.717, 1.165) is 37.2 Å². The smallest absolute Gasteiger partial charge is 0.239 e. The quantitative estimate of drug-likeness (QED) is 0.777. The van der Waals surface area contributed by atoms with Crippen molar-refractivity contribution in [2.75, 3.05) is 20.3 Å². The van der Waals surface area contributed by atoms with Crippen LogP contribution < -0.4 is 10.5 Å². The fourth-order valence-corrected chi connectivity index (χ4v) is 2.93. The van der Waals surface area contributed by atoms with Crippen LogP contribution in [0, 0.1) is 0 Å². The van der Waals surface area contributed by atoms with E-state index in [1.165, 1.54) is 0 Å². The molecule has 1 aliphatic rings. The summed E-state index contributed by atoms with van der Waals surface area (Å²) in [6, 6.07) is 7.37. The van der Waals surface area contributed by atoms with Crippen LogP contribution >= 0.6 is 12.4 Å².